The van der Waals surface area contributed by atoms with Gasteiger partial charge in [-0.15, -0.1) is 0 Å². The molecule has 3 rings (SSSR count). The number of ether oxygens (including phenoxy) is 1. The van der Waals surface area contributed by atoms with E-state index in [1.54, 1.807) is 49.6 Å². The van der Waals surface area contributed by atoms with E-state index in [1.807, 2.05) is 0 Å². The third-order valence-corrected chi connectivity index (χ3v) is 5.66. The first kappa shape index (κ1) is 20.5. The SMILES string of the molecule is COc1ccc(S(=O)(=O)Nc2cc(-c3ccnc(CC(C)=O)c3)cnc2C)cc1. The lowest BCUT2D eigenvalue weighted by atomic mass is 10.1. The fraction of sp³-hybridized carbons (Fsp3) is 0.190. The topological polar surface area (TPSA) is 98.3 Å². The molecular weight excluding hydrogens is 390 g/mol. The average Bonchev–Trinajstić information content (AvgIpc) is 2.69. The Hall–Kier alpha value is -3.26. The summed E-state index contributed by atoms with van der Waals surface area (Å²) in [6, 6.07) is 11.4. The monoisotopic (exact) mass is 411 g/mol. The Labute approximate surface area is 169 Å². The molecule has 0 bridgehead atoms. The fourth-order valence-corrected chi connectivity index (χ4v) is 3.87. The third-order valence-electron chi connectivity index (χ3n) is 4.28. The van der Waals surface area contributed by atoms with Crippen molar-refractivity contribution >= 4 is 21.5 Å². The van der Waals surface area contributed by atoms with Gasteiger partial charge in [0.2, 0.25) is 0 Å². The van der Waals surface area contributed by atoms with Gasteiger partial charge in [-0.05, 0) is 61.9 Å². The number of ketones is 1. The van der Waals surface area contributed by atoms with Gasteiger partial charge in [0.25, 0.3) is 10.0 Å². The second kappa shape index (κ2) is 8.40. The van der Waals surface area contributed by atoms with Crippen molar-refractivity contribution in [2.45, 2.75) is 25.2 Å². The van der Waals surface area contributed by atoms with Crippen molar-refractivity contribution in [3.63, 3.8) is 0 Å². The zero-order chi connectivity index (χ0) is 21.0. The van der Waals surface area contributed by atoms with Crippen LogP contribution in [0.25, 0.3) is 11.1 Å². The van der Waals surface area contributed by atoms with Crippen LogP contribution in [-0.2, 0) is 21.2 Å². The van der Waals surface area contributed by atoms with Gasteiger partial charge in [-0.25, -0.2) is 8.42 Å². The predicted molar refractivity (Wildman–Crippen MR) is 110 cm³/mol. The van der Waals surface area contributed by atoms with Crippen LogP contribution in [0.15, 0.2) is 59.8 Å². The Bertz CT molecular complexity index is 1140. The molecule has 0 radical (unpaired) electrons. The van der Waals surface area contributed by atoms with Crippen LogP contribution in [0.1, 0.15) is 18.3 Å². The lowest BCUT2D eigenvalue weighted by Gasteiger charge is -2.12. The number of carbonyl (C=O) groups is 1. The van der Waals surface area contributed by atoms with Gasteiger partial charge in [0.05, 0.1) is 23.4 Å². The lowest BCUT2D eigenvalue weighted by Crippen LogP contribution is -2.14. The zero-order valence-corrected chi connectivity index (χ0v) is 17.2. The number of nitrogens with zero attached hydrogens (tertiary/aromatic N) is 2. The van der Waals surface area contributed by atoms with Crippen LogP contribution in [0, 0.1) is 6.92 Å². The van der Waals surface area contributed by atoms with E-state index in [4.69, 9.17) is 4.74 Å². The van der Waals surface area contributed by atoms with Gasteiger partial charge in [-0.1, -0.05) is 0 Å². The van der Waals surface area contributed by atoms with Crippen LogP contribution < -0.4 is 9.46 Å². The highest BCUT2D eigenvalue weighted by Gasteiger charge is 2.16. The van der Waals surface area contributed by atoms with Crippen molar-refractivity contribution in [1.29, 1.82) is 0 Å². The highest BCUT2D eigenvalue weighted by Crippen LogP contribution is 2.26. The summed E-state index contributed by atoms with van der Waals surface area (Å²) >= 11 is 0. The number of rotatable bonds is 7. The fourth-order valence-electron chi connectivity index (χ4n) is 2.76. The largest absolute Gasteiger partial charge is 0.497 e. The molecule has 1 N–H and O–H groups in total. The van der Waals surface area contributed by atoms with E-state index in [0.29, 0.717) is 22.8 Å². The van der Waals surface area contributed by atoms with E-state index in [-0.39, 0.29) is 17.1 Å². The summed E-state index contributed by atoms with van der Waals surface area (Å²) in [7, 11) is -2.27. The van der Waals surface area contributed by atoms with E-state index < -0.39 is 10.0 Å². The van der Waals surface area contributed by atoms with E-state index >= 15 is 0 Å². The average molecular weight is 411 g/mol. The number of benzene rings is 1. The Morgan fingerprint density at radius 3 is 2.45 bits per heavy atom. The molecule has 0 saturated heterocycles. The van der Waals surface area contributed by atoms with Crippen LogP contribution >= 0.6 is 0 Å². The maximum absolute atomic E-state index is 12.7. The third kappa shape index (κ3) is 4.97. The van der Waals surface area contributed by atoms with Crippen molar-refractivity contribution in [3.8, 4) is 16.9 Å². The molecule has 8 heteroatoms. The lowest BCUT2D eigenvalue weighted by molar-refractivity contribution is -0.116. The van der Waals surface area contributed by atoms with Crippen LogP contribution in [-0.4, -0.2) is 31.3 Å². The van der Waals surface area contributed by atoms with Gasteiger partial charge >= 0.3 is 0 Å². The molecule has 0 amide bonds. The minimum atomic E-state index is -3.79. The van der Waals surface area contributed by atoms with Crippen molar-refractivity contribution in [1.82, 2.24) is 9.97 Å². The number of aromatic nitrogens is 2. The minimum absolute atomic E-state index is 0.0182. The standard InChI is InChI=1S/C21H21N3O4S/c1-14(25)10-18-11-16(8-9-22-18)17-12-21(15(2)23-13-17)24-29(26,27)20-6-4-19(28-3)5-7-20/h4-9,11-13,24H,10H2,1-3H3. The number of anilines is 1. The molecule has 3 aromatic rings. The quantitative estimate of drug-likeness (QED) is 0.640. The number of sulfonamides is 1. The molecule has 1 aromatic carbocycles. The number of pyridine rings is 2. The maximum atomic E-state index is 12.7. The van der Waals surface area contributed by atoms with E-state index in [9.17, 15) is 13.2 Å². The van der Waals surface area contributed by atoms with Gasteiger partial charge < -0.3 is 4.74 Å². The molecule has 150 valence electrons. The van der Waals surface area contributed by atoms with Crippen molar-refractivity contribution < 1.29 is 17.9 Å². The minimum Gasteiger partial charge on any atom is -0.497 e. The van der Waals surface area contributed by atoms with E-state index in [1.165, 1.54) is 26.2 Å². The molecule has 0 aliphatic rings. The predicted octanol–water partition coefficient (Wildman–Crippen LogP) is 3.39. The van der Waals surface area contributed by atoms with Crippen LogP contribution in [0.4, 0.5) is 5.69 Å². The maximum Gasteiger partial charge on any atom is 0.261 e. The molecule has 0 fully saturated rings. The van der Waals surface area contributed by atoms with Crippen LogP contribution in [0.2, 0.25) is 0 Å². The normalized spacial score (nSPS) is 11.1. The van der Waals surface area contributed by atoms with Crippen LogP contribution in [0.3, 0.4) is 0 Å². The molecule has 0 aliphatic carbocycles. The van der Waals surface area contributed by atoms with Gasteiger partial charge in [0.1, 0.15) is 11.5 Å². The van der Waals surface area contributed by atoms with E-state index in [0.717, 1.165) is 11.1 Å². The zero-order valence-electron chi connectivity index (χ0n) is 16.3. The number of carbonyl (C=O) groups excluding carboxylic acids is 1. The number of aryl methyl sites for hydroxylation is 1. The summed E-state index contributed by atoms with van der Waals surface area (Å²) < 4.78 is 33.2. The van der Waals surface area contributed by atoms with Crippen molar-refractivity contribution in [3.05, 3.63) is 66.2 Å². The van der Waals surface area contributed by atoms with E-state index in [2.05, 4.69) is 14.7 Å². The van der Waals surface area contributed by atoms with Crippen molar-refractivity contribution in [2.75, 3.05) is 11.8 Å². The first-order chi connectivity index (χ1) is 13.8. The molecule has 2 heterocycles. The number of Topliss-reactive ketones (excluding diaryl/α,β-unsaturated/α-hetero) is 1. The molecule has 0 saturated carbocycles. The van der Waals surface area contributed by atoms with Gasteiger partial charge in [-0.3, -0.25) is 19.5 Å². The Morgan fingerprint density at radius 2 is 1.79 bits per heavy atom. The Morgan fingerprint density at radius 1 is 1.07 bits per heavy atom. The Kier molecular flexibility index (Phi) is 5.93. The molecule has 0 unspecified atom stereocenters. The van der Waals surface area contributed by atoms with Gasteiger partial charge in [0, 0.05) is 30.1 Å². The summed E-state index contributed by atoms with van der Waals surface area (Å²) in [4.78, 5) is 20.0. The van der Waals surface area contributed by atoms with Gasteiger partial charge in [0.15, 0.2) is 0 Å². The number of nitrogens with one attached hydrogen (secondary N) is 1. The number of hydrogen-bond acceptors (Lipinski definition) is 6. The highest BCUT2D eigenvalue weighted by molar-refractivity contribution is 7.92. The summed E-state index contributed by atoms with van der Waals surface area (Å²) in [5.41, 5.74) is 3.09. The Balaban J connectivity index is 1.92. The summed E-state index contributed by atoms with van der Waals surface area (Å²) in [5.74, 6) is 0.590. The first-order valence-corrected chi connectivity index (χ1v) is 10.3. The number of methoxy groups -OCH3 is 1. The molecule has 2 aromatic heterocycles. The van der Waals surface area contributed by atoms with Gasteiger partial charge in [-0.2, -0.15) is 0 Å². The molecule has 0 spiro atoms. The number of hydrogen-bond donors (Lipinski definition) is 1. The molecule has 7 nitrogen and oxygen atoms in total. The summed E-state index contributed by atoms with van der Waals surface area (Å²) in [5, 5.41) is 0. The molecule has 29 heavy (non-hydrogen) atoms. The van der Waals surface area contributed by atoms with Crippen LogP contribution in [0.5, 0.6) is 5.75 Å². The summed E-state index contributed by atoms with van der Waals surface area (Å²) in [6.45, 7) is 3.23. The second-order valence-corrected chi connectivity index (χ2v) is 8.24. The summed E-state index contributed by atoms with van der Waals surface area (Å²) in [6.07, 6.45) is 3.52. The molecule has 0 aliphatic heterocycles. The smallest absolute Gasteiger partial charge is 0.261 e. The molecular formula is C21H21N3O4S. The second-order valence-electron chi connectivity index (χ2n) is 6.55. The molecule has 0 atom stereocenters. The van der Waals surface area contributed by atoms with Crippen molar-refractivity contribution in [2.24, 2.45) is 0 Å². The first-order valence-electron chi connectivity index (χ1n) is 8.87. The highest BCUT2D eigenvalue weighted by atomic mass is 32.2.